The molecule has 1 amide bonds. The summed E-state index contributed by atoms with van der Waals surface area (Å²) in [6.07, 6.45) is 3.42. The van der Waals surface area contributed by atoms with E-state index in [1.165, 1.54) is 4.88 Å². The first-order valence-electron chi connectivity index (χ1n) is 9.81. The van der Waals surface area contributed by atoms with Crippen LogP contribution in [-0.2, 0) is 23.3 Å². The maximum Gasteiger partial charge on any atom is 0.246 e. The van der Waals surface area contributed by atoms with Crippen LogP contribution in [0.1, 0.15) is 24.3 Å². The van der Waals surface area contributed by atoms with Crippen molar-refractivity contribution in [1.29, 1.82) is 0 Å². The quantitative estimate of drug-likeness (QED) is 0.225. The molecule has 3 N–H and O–H groups in total. The number of carbonyl (C=O) groups is 1. The summed E-state index contributed by atoms with van der Waals surface area (Å²) in [5.74, 6) is 0.629. The van der Waals surface area contributed by atoms with Crippen LogP contribution in [0.25, 0.3) is 0 Å². The molecule has 0 fully saturated rings. The van der Waals surface area contributed by atoms with Gasteiger partial charge in [0, 0.05) is 48.5 Å². The van der Waals surface area contributed by atoms with Crippen molar-refractivity contribution in [3.8, 4) is 0 Å². The van der Waals surface area contributed by atoms with Gasteiger partial charge in [0.15, 0.2) is 5.96 Å². The summed E-state index contributed by atoms with van der Waals surface area (Å²) in [6, 6.07) is 13.8. The Hall–Kier alpha value is -2.40. The number of nitrogens with zero attached hydrogens (tertiary/aromatic N) is 3. The van der Waals surface area contributed by atoms with Crippen molar-refractivity contribution in [2.24, 2.45) is 4.99 Å². The lowest BCUT2D eigenvalue weighted by Crippen LogP contribution is -2.42. The van der Waals surface area contributed by atoms with Crippen molar-refractivity contribution in [3.05, 3.63) is 70.7 Å². The van der Waals surface area contributed by atoms with E-state index < -0.39 is 0 Å². The fourth-order valence-corrected chi connectivity index (χ4v) is 3.81. The fourth-order valence-electron chi connectivity index (χ4n) is 2.96. The number of halogens is 1. The van der Waals surface area contributed by atoms with E-state index in [4.69, 9.17) is 0 Å². The Balaban J connectivity index is 0.00000341. The third kappa shape index (κ3) is 7.66. The number of carbonyl (C=O) groups excluding carboxylic acids is 1. The van der Waals surface area contributed by atoms with Crippen LogP contribution in [0.3, 0.4) is 0 Å². The largest absolute Gasteiger partial charge is 0.356 e. The van der Waals surface area contributed by atoms with Crippen molar-refractivity contribution < 1.29 is 4.79 Å². The molecule has 2 heterocycles. The molecule has 2 aromatic heterocycles. The van der Waals surface area contributed by atoms with Crippen molar-refractivity contribution in [2.75, 3.05) is 18.9 Å². The molecule has 7 nitrogen and oxygen atoms in total. The molecule has 9 heteroatoms. The van der Waals surface area contributed by atoms with E-state index in [9.17, 15) is 4.79 Å². The Labute approximate surface area is 204 Å². The van der Waals surface area contributed by atoms with Gasteiger partial charge in [0.1, 0.15) is 6.54 Å². The van der Waals surface area contributed by atoms with E-state index in [-0.39, 0.29) is 41.8 Å². The van der Waals surface area contributed by atoms with Crippen LogP contribution >= 0.6 is 35.3 Å². The second-order valence-electron chi connectivity index (χ2n) is 7.59. The van der Waals surface area contributed by atoms with Crippen LogP contribution in [0.4, 0.5) is 5.69 Å². The number of thiophene rings is 1. The number of nitrogens with one attached hydrogen (secondary N) is 3. The third-order valence-corrected chi connectivity index (χ3v) is 5.88. The molecule has 0 aliphatic carbocycles. The number of hydrogen-bond donors (Lipinski definition) is 3. The zero-order valence-electron chi connectivity index (χ0n) is 18.0. The summed E-state index contributed by atoms with van der Waals surface area (Å²) in [5.41, 5.74) is 1.82. The highest BCUT2D eigenvalue weighted by atomic mass is 127. The molecule has 0 bridgehead atoms. The number of guanidine groups is 1. The molecule has 0 aliphatic rings. The number of anilines is 1. The molecule has 31 heavy (non-hydrogen) atoms. The number of benzene rings is 1. The summed E-state index contributed by atoms with van der Waals surface area (Å²) in [5, 5.41) is 15.8. The number of amides is 1. The first-order chi connectivity index (χ1) is 14.5. The molecule has 3 aromatic rings. The number of rotatable bonds is 8. The highest BCUT2D eigenvalue weighted by molar-refractivity contribution is 14.0. The molecule has 0 saturated carbocycles. The summed E-state index contributed by atoms with van der Waals surface area (Å²) in [6.45, 7) is 5.99. The summed E-state index contributed by atoms with van der Waals surface area (Å²) in [4.78, 5) is 17.8. The van der Waals surface area contributed by atoms with Gasteiger partial charge in [-0.05, 0) is 35.2 Å². The Morgan fingerprint density at radius 2 is 2.03 bits per heavy atom. The highest BCUT2D eigenvalue weighted by Crippen LogP contribution is 2.26. The van der Waals surface area contributed by atoms with Crippen LogP contribution < -0.4 is 16.0 Å². The lowest BCUT2D eigenvalue weighted by atomic mass is 9.91. The van der Waals surface area contributed by atoms with Gasteiger partial charge in [-0.25, -0.2) is 0 Å². The Bertz CT molecular complexity index is 970. The minimum atomic E-state index is -0.114. The van der Waals surface area contributed by atoms with Crippen LogP contribution in [0.15, 0.2) is 65.2 Å². The average Bonchev–Trinajstić information content (AvgIpc) is 3.43. The standard InChI is InChI=1S/C22H28N6OS.HI/c1-22(2,19-9-5-12-30-19)16-25-21(23-3)24-14-17-7-4-8-18(13-17)27-20(29)15-28-11-6-10-26-28;/h4-13H,14-16H2,1-3H3,(H,27,29)(H2,23,24,25);1H. The molecule has 0 spiro atoms. The van der Waals surface area contributed by atoms with E-state index in [2.05, 4.69) is 57.4 Å². The van der Waals surface area contributed by atoms with E-state index in [0.717, 1.165) is 23.8 Å². The van der Waals surface area contributed by atoms with Crippen LogP contribution in [0.5, 0.6) is 0 Å². The van der Waals surface area contributed by atoms with Crippen LogP contribution in [-0.4, -0.2) is 35.2 Å². The SMILES string of the molecule is CN=C(NCc1cccc(NC(=O)Cn2cccn2)c1)NCC(C)(C)c1cccs1.I. The van der Waals surface area contributed by atoms with Crippen LogP contribution in [0, 0.1) is 0 Å². The molecule has 0 radical (unpaired) electrons. The number of aromatic nitrogens is 2. The Morgan fingerprint density at radius 1 is 1.19 bits per heavy atom. The van der Waals surface area contributed by atoms with Gasteiger partial charge < -0.3 is 16.0 Å². The third-order valence-electron chi connectivity index (χ3n) is 4.65. The smallest absolute Gasteiger partial charge is 0.246 e. The topological polar surface area (TPSA) is 83.3 Å². The molecule has 0 aliphatic heterocycles. The molecule has 0 saturated heterocycles. The van der Waals surface area contributed by atoms with Gasteiger partial charge in [-0.1, -0.05) is 32.0 Å². The molecule has 0 atom stereocenters. The fraction of sp³-hybridized carbons (Fsp3) is 0.318. The lowest BCUT2D eigenvalue weighted by Gasteiger charge is -2.25. The first-order valence-corrected chi connectivity index (χ1v) is 10.7. The summed E-state index contributed by atoms with van der Waals surface area (Å²) in [7, 11) is 1.76. The van der Waals surface area contributed by atoms with Gasteiger partial charge in [-0.15, -0.1) is 35.3 Å². The molecule has 3 rings (SSSR count). The summed E-state index contributed by atoms with van der Waals surface area (Å²) >= 11 is 1.77. The van der Waals surface area contributed by atoms with Crippen molar-refractivity contribution in [1.82, 2.24) is 20.4 Å². The van der Waals surface area contributed by atoms with Gasteiger partial charge in [-0.2, -0.15) is 5.10 Å². The predicted octanol–water partition coefficient (Wildman–Crippen LogP) is 3.84. The number of aliphatic imine (C=N–C) groups is 1. The second kappa shape index (κ2) is 11.8. The minimum absolute atomic E-state index is 0. The maximum atomic E-state index is 12.2. The van der Waals surface area contributed by atoms with E-state index >= 15 is 0 Å². The molecular weight excluding hydrogens is 523 g/mol. The minimum Gasteiger partial charge on any atom is -0.356 e. The Morgan fingerprint density at radius 3 is 2.71 bits per heavy atom. The molecule has 0 unspecified atom stereocenters. The normalized spacial score (nSPS) is 11.5. The highest BCUT2D eigenvalue weighted by Gasteiger charge is 2.21. The molecular formula is C22H29IN6OS. The lowest BCUT2D eigenvalue weighted by molar-refractivity contribution is -0.116. The molecule has 166 valence electrons. The van der Waals surface area contributed by atoms with Gasteiger partial charge in [0.2, 0.25) is 5.91 Å². The zero-order valence-corrected chi connectivity index (χ0v) is 21.1. The number of hydrogen-bond acceptors (Lipinski definition) is 4. The van der Waals surface area contributed by atoms with E-state index in [0.29, 0.717) is 6.54 Å². The van der Waals surface area contributed by atoms with E-state index in [1.54, 1.807) is 41.5 Å². The maximum absolute atomic E-state index is 12.2. The van der Waals surface area contributed by atoms with Crippen molar-refractivity contribution in [2.45, 2.75) is 32.4 Å². The van der Waals surface area contributed by atoms with Crippen molar-refractivity contribution in [3.63, 3.8) is 0 Å². The molecule has 1 aromatic carbocycles. The average molecular weight is 552 g/mol. The van der Waals surface area contributed by atoms with Gasteiger partial charge in [0.25, 0.3) is 0 Å². The first kappa shape index (κ1) is 24.9. The second-order valence-corrected chi connectivity index (χ2v) is 8.54. The summed E-state index contributed by atoms with van der Waals surface area (Å²) < 4.78 is 1.59. The van der Waals surface area contributed by atoms with Gasteiger partial charge in [0.05, 0.1) is 0 Å². The van der Waals surface area contributed by atoms with Crippen molar-refractivity contribution >= 4 is 52.9 Å². The Kier molecular flexibility index (Phi) is 9.50. The van der Waals surface area contributed by atoms with Gasteiger partial charge >= 0.3 is 0 Å². The van der Waals surface area contributed by atoms with Gasteiger partial charge in [-0.3, -0.25) is 14.5 Å². The monoisotopic (exact) mass is 552 g/mol. The predicted molar refractivity (Wildman–Crippen MR) is 138 cm³/mol. The zero-order chi connectivity index (χ0) is 21.4. The van der Waals surface area contributed by atoms with Crippen LogP contribution in [0.2, 0.25) is 0 Å². The van der Waals surface area contributed by atoms with E-state index in [1.807, 2.05) is 24.3 Å².